The zero-order valence-corrected chi connectivity index (χ0v) is 22.7. The van der Waals surface area contributed by atoms with Gasteiger partial charge < -0.3 is 18.6 Å². The lowest BCUT2D eigenvalue weighted by Crippen LogP contribution is -2.62. The Kier molecular flexibility index (Phi) is 6.12. The van der Waals surface area contributed by atoms with Crippen molar-refractivity contribution in [3.8, 4) is 0 Å². The molecule has 0 saturated heterocycles. The van der Waals surface area contributed by atoms with Crippen LogP contribution in [0.4, 0.5) is 0 Å². The Morgan fingerprint density at radius 1 is 0.971 bits per heavy atom. The van der Waals surface area contributed by atoms with Crippen LogP contribution in [0.5, 0.6) is 0 Å². The summed E-state index contributed by atoms with van der Waals surface area (Å²) >= 11 is 0. The minimum atomic E-state index is -2.08. The minimum absolute atomic E-state index is 0.0890. The molecule has 4 rings (SSSR count). The van der Waals surface area contributed by atoms with E-state index in [1.54, 1.807) is 0 Å². The zero-order valence-electron chi connectivity index (χ0n) is 21.7. The van der Waals surface area contributed by atoms with E-state index >= 15 is 0 Å². The summed E-state index contributed by atoms with van der Waals surface area (Å²) < 4.78 is 22.9. The third-order valence-corrected chi connectivity index (χ3v) is 10.7. The van der Waals surface area contributed by atoms with Gasteiger partial charge >= 0.3 is 17.9 Å². The molecular weight excluding hydrogens is 452 g/mol. The van der Waals surface area contributed by atoms with Gasteiger partial charge in [-0.25, -0.2) is 0 Å². The summed E-state index contributed by atoms with van der Waals surface area (Å²) in [6.45, 7) is 12.5. The summed E-state index contributed by atoms with van der Waals surface area (Å²) in [7, 11) is 2.10. The summed E-state index contributed by atoms with van der Waals surface area (Å²) in [6.07, 6.45) is 3.80. The molecule has 190 valence electrons. The fraction of sp³-hybridized carbons (Fsp3) is 0.808. The molecule has 8 heteroatoms. The maximum atomic E-state index is 13.8. The molecule has 2 bridgehead atoms. The highest BCUT2D eigenvalue weighted by Crippen LogP contribution is 2.78. The molecule has 4 aliphatic carbocycles. The van der Waals surface area contributed by atoms with Gasteiger partial charge in [-0.3, -0.25) is 14.4 Å². The van der Waals surface area contributed by atoms with Gasteiger partial charge in [-0.2, -0.15) is 0 Å². The number of fused-ring (bicyclic) bond motifs is 3. The van der Waals surface area contributed by atoms with E-state index in [2.05, 4.69) is 26.2 Å². The summed E-state index contributed by atoms with van der Waals surface area (Å²) in [5.74, 6) is -2.17. The van der Waals surface area contributed by atoms with Crippen LogP contribution in [0.25, 0.3) is 0 Å². The second kappa shape index (κ2) is 8.19. The Morgan fingerprint density at radius 3 is 2.18 bits per heavy atom. The monoisotopic (exact) mass is 492 g/mol. The molecular formula is C26H40O7Si. The zero-order chi connectivity index (χ0) is 25.3. The molecule has 0 amide bonds. The molecule has 0 N–H and O–H groups in total. The molecule has 0 aromatic carbocycles. The molecule has 0 aromatic heterocycles. The van der Waals surface area contributed by atoms with Gasteiger partial charge in [-0.1, -0.05) is 12.2 Å². The fourth-order valence-electron chi connectivity index (χ4n) is 8.77. The van der Waals surface area contributed by atoms with Crippen LogP contribution in [0, 0.1) is 39.9 Å². The molecule has 0 radical (unpaired) electrons. The van der Waals surface area contributed by atoms with Crippen molar-refractivity contribution >= 4 is 26.2 Å². The predicted octanol–water partition coefficient (Wildman–Crippen LogP) is 4.12. The molecule has 7 nitrogen and oxygen atoms in total. The number of allylic oxidation sites excluding steroid dienone is 1. The largest absolute Gasteiger partial charge is 0.469 e. The predicted molar refractivity (Wildman–Crippen MR) is 128 cm³/mol. The lowest BCUT2D eigenvalue weighted by atomic mass is 9.51. The number of hydrogen-bond donors (Lipinski definition) is 0. The van der Waals surface area contributed by atoms with Crippen LogP contribution in [-0.4, -0.2) is 53.7 Å². The van der Waals surface area contributed by atoms with E-state index in [9.17, 15) is 14.4 Å². The van der Waals surface area contributed by atoms with E-state index < -0.39 is 48.5 Å². The van der Waals surface area contributed by atoms with E-state index in [0.717, 1.165) is 24.8 Å². The first kappa shape index (κ1) is 25.4. The lowest BCUT2D eigenvalue weighted by molar-refractivity contribution is -0.194. The lowest BCUT2D eigenvalue weighted by Gasteiger charge is -2.54. The van der Waals surface area contributed by atoms with Crippen LogP contribution < -0.4 is 0 Å². The second-order valence-electron chi connectivity index (χ2n) is 12.1. The van der Waals surface area contributed by atoms with Crippen molar-refractivity contribution in [2.45, 2.75) is 71.2 Å². The third-order valence-electron chi connectivity index (χ3n) is 9.66. The van der Waals surface area contributed by atoms with E-state index in [-0.39, 0.29) is 17.9 Å². The van der Waals surface area contributed by atoms with Crippen LogP contribution >= 0.6 is 0 Å². The number of carbonyl (C=O) groups is 3. The summed E-state index contributed by atoms with van der Waals surface area (Å²) in [5, 5.41) is 0. The second-order valence-corrected chi connectivity index (χ2v) is 16.6. The van der Waals surface area contributed by atoms with Crippen LogP contribution in [0.1, 0.15) is 45.4 Å². The average Bonchev–Trinajstić information content (AvgIpc) is 3.20. The van der Waals surface area contributed by atoms with E-state index in [4.69, 9.17) is 18.6 Å². The fourth-order valence-corrected chi connectivity index (χ4v) is 9.98. The summed E-state index contributed by atoms with van der Waals surface area (Å²) in [4.78, 5) is 41.2. The SMILES string of the molecule is C=C1C[C@]23C[C@H]1CCC2[C@]1(C(=O)OC)CC[C@H](O[Si](C)(C)C)C(C)(C(=O)OC)C1C3C(=O)OC. The van der Waals surface area contributed by atoms with Gasteiger partial charge in [0, 0.05) is 5.92 Å². The topological polar surface area (TPSA) is 88.1 Å². The number of carbonyl (C=O) groups excluding carboxylic acids is 3. The summed E-state index contributed by atoms with van der Waals surface area (Å²) in [5.41, 5.74) is -1.52. The highest BCUT2D eigenvalue weighted by molar-refractivity contribution is 6.69. The molecule has 4 aliphatic rings. The molecule has 8 atom stereocenters. The molecule has 0 heterocycles. The number of methoxy groups -OCH3 is 3. The number of hydrogen-bond acceptors (Lipinski definition) is 7. The minimum Gasteiger partial charge on any atom is -0.469 e. The molecule has 0 aromatic rings. The Hall–Kier alpha value is -1.67. The Labute approximate surface area is 204 Å². The number of esters is 3. The molecule has 34 heavy (non-hydrogen) atoms. The summed E-state index contributed by atoms with van der Waals surface area (Å²) in [6, 6.07) is 0. The van der Waals surface area contributed by atoms with Crippen molar-refractivity contribution in [1.82, 2.24) is 0 Å². The van der Waals surface area contributed by atoms with Gasteiger partial charge in [0.05, 0.1) is 44.2 Å². The van der Waals surface area contributed by atoms with Crippen LogP contribution in [0.3, 0.4) is 0 Å². The van der Waals surface area contributed by atoms with Crippen molar-refractivity contribution in [3.05, 3.63) is 12.2 Å². The van der Waals surface area contributed by atoms with Gasteiger partial charge in [-0.05, 0) is 82.3 Å². The van der Waals surface area contributed by atoms with Gasteiger partial charge in [-0.15, -0.1) is 0 Å². The number of ether oxygens (including phenoxy) is 3. The van der Waals surface area contributed by atoms with Gasteiger partial charge in [0.15, 0.2) is 8.32 Å². The Balaban J connectivity index is 2.01. The first-order valence-corrected chi connectivity index (χ1v) is 15.8. The standard InChI is InChI=1S/C26H40O7Si/c1-15-13-25-14-16(15)9-10-17(25)26(23(29)32-5)12-11-18(33-34(6,7)8)24(2,22(28)31-4)20(26)19(25)21(27)30-3/h16-20H,1,9-14H2,2-8H3/t16-,17?,18+,19?,20?,24?,25+,26-/m1/s1. The van der Waals surface area contributed by atoms with Crippen molar-refractivity contribution in [2.75, 3.05) is 21.3 Å². The van der Waals surface area contributed by atoms with E-state index in [0.29, 0.717) is 25.2 Å². The van der Waals surface area contributed by atoms with Crippen molar-refractivity contribution in [1.29, 1.82) is 0 Å². The maximum absolute atomic E-state index is 13.8. The highest BCUT2D eigenvalue weighted by Gasteiger charge is 2.81. The molecule has 4 saturated carbocycles. The molecule has 4 fully saturated rings. The first-order valence-electron chi connectivity index (χ1n) is 12.4. The highest BCUT2D eigenvalue weighted by atomic mass is 28.4. The van der Waals surface area contributed by atoms with Gasteiger partial charge in [0.2, 0.25) is 0 Å². The maximum Gasteiger partial charge on any atom is 0.314 e. The van der Waals surface area contributed by atoms with Crippen molar-refractivity contribution < 1.29 is 33.0 Å². The van der Waals surface area contributed by atoms with Crippen molar-refractivity contribution in [2.24, 2.45) is 39.9 Å². The molecule has 1 spiro atoms. The number of rotatable bonds is 5. The van der Waals surface area contributed by atoms with Crippen molar-refractivity contribution in [3.63, 3.8) is 0 Å². The van der Waals surface area contributed by atoms with Gasteiger partial charge in [0.1, 0.15) is 0 Å². The van der Waals surface area contributed by atoms with E-state index in [1.165, 1.54) is 21.3 Å². The molecule has 0 aliphatic heterocycles. The first-order chi connectivity index (χ1) is 15.8. The smallest absolute Gasteiger partial charge is 0.314 e. The third kappa shape index (κ3) is 3.20. The van der Waals surface area contributed by atoms with Gasteiger partial charge in [0.25, 0.3) is 0 Å². The van der Waals surface area contributed by atoms with E-state index in [1.807, 2.05) is 6.92 Å². The molecule has 4 unspecified atom stereocenters. The normalized spacial score (nSPS) is 43.0. The quantitative estimate of drug-likeness (QED) is 0.247. The van der Waals surface area contributed by atoms with Crippen LogP contribution in [0.15, 0.2) is 12.2 Å². The Bertz CT molecular complexity index is 909. The average molecular weight is 493 g/mol. The van der Waals surface area contributed by atoms with Crippen LogP contribution in [-0.2, 0) is 33.0 Å². The van der Waals surface area contributed by atoms with Crippen LogP contribution in [0.2, 0.25) is 19.6 Å². The Morgan fingerprint density at radius 2 is 1.62 bits per heavy atom.